The summed E-state index contributed by atoms with van der Waals surface area (Å²) in [5.74, 6) is 0. The van der Waals surface area contributed by atoms with Gasteiger partial charge in [-0.15, -0.1) is 0 Å². The van der Waals surface area contributed by atoms with Crippen molar-refractivity contribution < 1.29 is 4.92 Å². The second-order valence-corrected chi connectivity index (χ2v) is 5.51. The number of rotatable bonds is 3. The van der Waals surface area contributed by atoms with Crippen molar-refractivity contribution in [3.05, 3.63) is 71.0 Å². The zero-order valence-electron chi connectivity index (χ0n) is 13.4. The molecule has 2 N–H and O–H groups in total. The van der Waals surface area contributed by atoms with Crippen LogP contribution in [0.4, 0.5) is 11.4 Å². The van der Waals surface area contributed by atoms with Crippen LogP contribution in [0.1, 0.15) is 0 Å². The number of aromatic nitrogens is 4. The average Bonchev–Trinajstić information content (AvgIpc) is 2.67. The van der Waals surface area contributed by atoms with Gasteiger partial charge >= 0.3 is 0 Å². The lowest BCUT2D eigenvalue weighted by molar-refractivity contribution is -0.383. The van der Waals surface area contributed by atoms with E-state index in [1.807, 2.05) is 18.2 Å². The van der Waals surface area contributed by atoms with Gasteiger partial charge in [0.05, 0.1) is 27.3 Å². The SMILES string of the molecule is Nc1cc2nc(-c3ccccn3)c(-c3ccccn3)nc2cc1[N+](=O)[O-]. The fourth-order valence-electron chi connectivity index (χ4n) is 2.63. The molecule has 0 saturated carbocycles. The molecule has 0 aliphatic rings. The van der Waals surface area contributed by atoms with Gasteiger partial charge in [-0.05, 0) is 30.3 Å². The molecule has 0 amide bonds. The highest BCUT2D eigenvalue weighted by molar-refractivity contribution is 5.88. The smallest absolute Gasteiger partial charge is 0.294 e. The molecule has 0 aliphatic heterocycles. The molecule has 0 fully saturated rings. The summed E-state index contributed by atoms with van der Waals surface area (Å²) in [7, 11) is 0. The Labute approximate surface area is 147 Å². The number of anilines is 1. The Morgan fingerprint density at radius 3 is 1.85 bits per heavy atom. The van der Waals surface area contributed by atoms with Crippen molar-refractivity contribution in [3.63, 3.8) is 0 Å². The minimum absolute atomic E-state index is 0.0364. The lowest BCUT2D eigenvalue weighted by Gasteiger charge is -2.09. The zero-order chi connectivity index (χ0) is 18.1. The first-order valence-corrected chi connectivity index (χ1v) is 7.72. The van der Waals surface area contributed by atoms with Gasteiger partial charge in [0, 0.05) is 18.5 Å². The third kappa shape index (κ3) is 2.69. The molecule has 3 aromatic heterocycles. The highest BCUT2D eigenvalue weighted by atomic mass is 16.6. The van der Waals surface area contributed by atoms with E-state index >= 15 is 0 Å². The van der Waals surface area contributed by atoms with E-state index in [-0.39, 0.29) is 11.4 Å². The van der Waals surface area contributed by atoms with Gasteiger partial charge in [-0.25, -0.2) is 9.97 Å². The zero-order valence-corrected chi connectivity index (χ0v) is 13.4. The number of benzene rings is 1. The summed E-state index contributed by atoms with van der Waals surface area (Å²) in [5, 5.41) is 11.2. The van der Waals surface area contributed by atoms with Gasteiger partial charge in [-0.3, -0.25) is 20.1 Å². The monoisotopic (exact) mass is 344 g/mol. The van der Waals surface area contributed by atoms with Crippen LogP contribution in [0.25, 0.3) is 33.8 Å². The lowest BCUT2D eigenvalue weighted by atomic mass is 10.1. The number of hydrogen-bond acceptors (Lipinski definition) is 7. The van der Waals surface area contributed by atoms with E-state index in [0.717, 1.165) is 0 Å². The molecule has 3 heterocycles. The van der Waals surface area contributed by atoms with Crippen molar-refractivity contribution in [1.29, 1.82) is 0 Å². The molecular formula is C18H12N6O2. The molecule has 8 nitrogen and oxygen atoms in total. The summed E-state index contributed by atoms with van der Waals surface area (Å²) in [6.07, 6.45) is 3.31. The third-order valence-electron chi connectivity index (χ3n) is 3.82. The molecule has 4 rings (SSSR count). The van der Waals surface area contributed by atoms with E-state index in [2.05, 4.69) is 19.9 Å². The number of fused-ring (bicyclic) bond motifs is 1. The predicted octanol–water partition coefficient (Wildman–Crippen LogP) is 3.24. The van der Waals surface area contributed by atoms with Gasteiger partial charge < -0.3 is 5.73 Å². The summed E-state index contributed by atoms with van der Waals surface area (Å²) in [4.78, 5) is 28.5. The van der Waals surface area contributed by atoms with Crippen LogP contribution >= 0.6 is 0 Å². The van der Waals surface area contributed by atoms with E-state index < -0.39 is 4.92 Å². The van der Waals surface area contributed by atoms with Crippen molar-refractivity contribution in [2.45, 2.75) is 0 Å². The molecular weight excluding hydrogens is 332 g/mol. The number of nitrogens with zero attached hydrogens (tertiary/aromatic N) is 5. The van der Waals surface area contributed by atoms with Crippen LogP contribution in [0.3, 0.4) is 0 Å². The Hall–Kier alpha value is -3.94. The van der Waals surface area contributed by atoms with Gasteiger partial charge in [0.2, 0.25) is 0 Å². The Kier molecular flexibility index (Phi) is 3.70. The highest BCUT2D eigenvalue weighted by Gasteiger charge is 2.19. The van der Waals surface area contributed by atoms with Crippen LogP contribution in [-0.4, -0.2) is 24.9 Å². The quantitative estimate of drug-likeness (QED) is 0.344. The van der Waals surface area contributed by atoms with Crippen molar-refractivity contribution in [1.82, 2.24) is 19.9 Å². The number of nitro benzene ring substituents is 1. The number of nitro groups is 1. The summed E-state index contributed by atoms with van der Waals surface area (Å²) in [6.45, 7) is 0. The molecule has 1 aromatic carbocycles. The first kappa shape index (κ1) is 15.6. The van der Waals surface area contributed by atoms with Crippen molar-refractivity contribution in [2.24, 2.45) is 0 Å². The second-order valence-electron chi connectivity index (χ2n) is 5.51. The molecule has 0 aliphatic carbocycles. The summed E-state index contributed by atoms with van der Waals surface area (Å²) < 4.78 is 0. The second kappa shape index (κ2) is 6.17. The predicted molar refractivity (Wildman–Crippen MR) is 97.1 cm³/mol. The Morgan fingerprint density at radius 1 is 0.846 bits per heavy atom. The van der Waals surface area contributed by atoms with Crippen LogP contribution in [0.5, 0.6) is 0 Å². The van der Waals surface area contributed by atoms with Crippen LogP contribution in [0.15, 0.2) is 60.9 Å². The fraction of sp³-hybridized carbons (Fsp3) is 0. The summed E-state index contributed by atoms with van der Waals surface area (Å²) in [6, 6.07) is 13.7. The number of pyridine rings is 2. The maximum Gasteiger partial charge on any atom is 0.294 e. The Balaban J connectivity index is 2.05. The molecule has 4 aromatic rings. The third-order valence-corrected chi connectivity index (χ3v) is 3.82. The Bertz CT molecular complexity index is 1120. The van der Waals surface area contributed by atoms with Gasteiger partial charge in [0.15, 0.2) is 0 Å². The average molecular weight is 344 g/mol. The molecule has 8 heteroatoms. The van der Waals surface area contributed by atoms with Crippen molar-refractivity contribution in [2.75, 3.05) is 5.73 Å². The normalized spacial score (nSPS) is 10.8. The molecule has 0 spiro atoms. The molecule has 0 radical (unpaired) electrons. The maximum atomic E-state index is 11.2. The van der Waals surface area contributed by atoms with Crippen molar-refractivity contribution >= 4 is 22.4 Å². The summed E-state index contributed by atoms with van der Waals surface area (Å²) >= 11 is 0. The van der Waals surface area contributed by atoms with Gasteiger partial charge in [-0.2, -0.15) is 0 Å². The van der Waals surface area contributed by atoms with E-state index in [1.165, 1.54) is 12.1 Å². The Morgan fingerprint density at radius 2 is 1.38 bits per heavy atom. The van der Waals surface area contributed by atoms with Gasteiger partial charge in [0.25, 0.3) is 5.69 Å². The number of nitrogen functional groups attached to an aromatic ring is 1. The minimum atomic E-state index is -0.538. The summed E-state index contributed by atoms with van der Waals surface area (Å²) in [5.41, 5.74) is 8.69. The van der Waals surface area contributed by atoms with E-state index in [0.29, 0.717) is 33.8 Å². The van der Waals surface area contributed by atoms with Crippen LogP contribution < -0.4 is 5.73 Å². The largest absolute Gasteiger partial charge is 0.393 e. The number of hydrogen-bond donors (Lipinski definition) is 1. The van der Waals surface area contributed by atoms with Crippen LogP contribution in [0.2, 0.25) is 0 Å². The molecule has 0 bridgehead atoms. The van der Waals surface area contributed by atoms with Gasteiger partial charge in [0.1, 0.15) is 17.1 Å². The molecule has 126 valence electrons. The topological polar surface area (TPSA) is 121 Å². The number of nitrogens with two attached hydrogens (primary N) is 1. The molecule has 0 atom stereocenters. The lowest BCUT2D eigenvalue weighted by Crippen LogP contribution is -2.01. The molecule has 26 heavy (non-hydrogen) atoms. The minimum Gasteiger partial charge on any atom is -0.393 e. The van der Waals surface area contributed by atoms with Crippen LogP contribution in [0, 0.1) is 10.1 Å². The molecule has 0 unspecified atom stereocenters. The van der Waals surface area contributed by atoms with Gasteiger partial charge in [-0.1, -0.05) is 12.1 Å². The van der Waals surface area contributed by atoms with Crippen molar-refractivity contribution in [3.8, 4) is 22.8 Å². The fourth-order valence-corrected chi connectivity index (χ4v) is 2.63. The first-order chi connectivity index (χ1) is 12.6. The molecule has 0 saturated heterocycles. The van der Waals surface area contributed by atoms with E-state index in [4.69, 9.17) is 5.73 Å². The first-order valence-electron chi connectivity index (χ1n) is 7.72. The van der Waals surface area contributed by atoms with Crippen LogP contribution in [-0.2, 0) is 0 Å². The van der Waals surface area contributed by atoms with E-state index in [1.54, 1.807) is 30.6 Å². The van der Waals surface area contributed by atoms with E-state index in [9.17, 15) is 10.1 Å². The maximum absolute atomic E-state index is 11.2. The highest BCUT2D eigenvalue weighted by Crippen LogP contribution is 2.32. The standard InChI is InChI=1S/C18H12N6O2/c19-11-9-14-15(10-16(11)24(25)26)23-18(13-6-2-4-8-21-13)17(22-14)12-5-1-3-7-20-12/h1-10H,19H2.